The lowest BCUT2D eigenvalue weighted by Crippen LogP contribution is -2.42. The van der Waals surface area contributed by atoms with E-state index < -0.39 is 30.2 Å². The van der Waals surface area contributed by atoms with Crippen LogP contribution in [0.3, 0.4) is 0 Å². The van der Waals surface area contributed by atoms with Crippen LogP contribution < -0.4 is 0 Å². The molecule has 0 aromatic carbocycles. The molecule has 0 aliphatic carbocycles. The van der Waals surface area contributed by atoms with Crippen LogP contribution in [0.4, 0.5) is 13.2 Å². The summed E-state index contributed by atoms with van der Waals surface area (Å²) in [5, 5.41) is 0. The Balaban J connectivity index is 2.18. The van der Waals surface area contributed by atoms with E-state index in [1.54, 1.807) is 0 Å². The fourth-order valence-corrected chi connectivity index (χ4v) is 8.66. The Morgan fingerprint density at radius 3 is 2.70 bits per heavy atom. The number of rotatable bonds is 6. The summed E-state index contributed by atoms with van der Waals surface area (Å²) in [6, 6.07) is 2.05. The zero-order chi connectivity index (χ0) is 15.1. The number of alkyl halides is 3. The quantitative estimate of drug-likeness (QED) is 0.547. The van der Waals surface area contributed by atoms with Crippen LogP contribution >= 0.6 is 0 Å². The molecule has 1 heterocycles. The molecule has 1 unspecified atom stereocenters. The highest BCUT2D eigenvalue weighted by Gasteiger charge is 2.32. The molecule has 1 radical (unpaired) electrons. The van der Waals surface area contributed by atoms with E-state index >= 15 is 0 Å². The first-order valence-corrected chi connectivity index (χ1v) is 11.7. The Labute approximate surface area is 121 Å². The van der Waals surface area contributed by atoms with Crippen LogP contribution in [0.5, 0.6) is 0 Å². The van der Waals surface area contributed by atoms with Crippen molar-refractivity contribution < 1.29 is 26.4 Å². The van der Waals surface area contributed by atoms with Gasteiger partial charge in [0, 0.05) is 13.2 Å². The minimum atomic E-state index is -4.12. The molecule has 1 rings (SSSR count). The first-order chi connectivity index (χ1) is 9.31. The van der Waals surface area contributed by atoms with Crippen LogP contribution in [0, 0.1) is 0 Å². The van der Waals surface area contributed by atoms with E-state index in [9.17, 15) is 13.2 Å². The van der Waals surface area contributed by atoms with Gasteiger partial charge in [-0.25, -0.2) is 0 Å². The zero-order valence-electron chi connectivity index (χ0n) is 12.2. The number of ether oxygens (including phenoxy) is 1. The van der Waals surface area contributed by atoms with Crippen molar-refractivity contribution in [3.05, 3.63) is 0 Å². The molecule has 0 aromatic rings. The van der Waals surface area contributed by atoms with Crippen molar-refractivity contribution in [3.63, 3.8) is 0 Å². The fraction of sp³-hybridized carbons (Fsp3) is 1.00. The van der Waals surface area contributed by atoms with Crippen molar-refractivity contribution in [2.24, 2.45) is 0 Å². The predicted octanol–water partition coefficient (Wildman–Crippen LogP) is 3.87. The summed E-state index contributed by atoms with van der Waals surface area (Å²) in [4.78, 5) is 0. The topological polar surface area (TPSA) is 27.7 Å². The molecule has 0 amide bonds. The van der Waals surface area contributed by atoms with Gasteiger partial charge in [0.25, 0.3) is 0 Å². The number of hydrogen-bond donors (Lipinski definition) is 0. The molecule has 1 aliphatic rings. The SMILES string of the molecule is C[Si]1OCCCC[Si](C)(CCCOCCC(F)(F)F)O1. The Kier molecular flexibility index (Phi) is 7.74. The largest absolute Gasteiger partial charge is 0.435 e. The third-order valence-electron chi connectivity index (χ3n) is 3.32. The van der Waals surface area contributed by atoms with Crippen molar-refractivity contribution in [2.45, 2.75) is 57.0 Å². The molecule has 1 saturated heterocycles. The number of hydrogen-bond acceptors (Lipinski definition) is 3. The van der Waals surface area contributed by atoms with Crippen LogP contribution in [-0.2, 0) is 13.3 Å². The highest BCUT2D eigenvalue weighted by atomic mass is 28.4. The molecule has 3 nitrogen and oxygen atoms in total. The van der Waals surface area contributed by atoms with Gasteiger partial charge in [0.1, 0.15) is 0 Å². The van der Waals surface area contributed by atoms with E-state index in [2.05, 4.69) is 6.55 Å². The van der Waals surface area contributed by atoms with E-state index in [4.69, 9.17) is 13.3 Å². The average Bonchev–Trinajstić information content (AvgIpc) is 2.29. The summed E-state index contributed by atoms with van der Waals surface area (Å²) in [7, 11) is -2.91. The summed E-state index contributed by atoms with van der Waals surface area (Å²) in [5.41, 5.74) is 0. The highest BCUT2D eigenvalue weighted by molar-refractivity contribution is 6.78. The lowest BCUT2D eigenvalue weighted by Gasteiger charge is -2.32. The van der Waals surface area contributed by atoms with Gasteiger partial charge in [-0.15, -0.1) is 0 Å². The molecule has 1 atom stereocenters. The number of halogens is 3. The predicted molar refractivity (Wildman–Crippen MR) is 75.2 cm³/mol. The van der Waals surface area contributed by atoms with Crippen LogP contribution in [0.1, 0.15) is 25.7 Å². The van der Waals surface area contributed by atoms with Crippen molar-refractivity contribution in [3.8, 4) is 0 Å². The molecule has 1 fully saturated rings. The molecular weight excluding hydrogens is 305 g/mol. The van der Waals surface area contributed by atoms with Gasteiger partial charge in [-0.05, 0) is 38.0 Å². The Hall–Kier alpha value is 0.104. The van der Waals surface area contributed by atoms with Gasteiger partial charge in [-0.1, -0.05) is 6.42 Å². The van der Waals surface area contributed by atoms with Crippen LogP contribution in [0.15, 0.2) is 0 Å². The van der Waals surface area contributed by atoms with Gasteiger partial charge in [-0.3, -0.25) is 0 Å². The van der Waals surface area contributed by atoms with Gasteiger partial charge in [0.15, 0.2) is 8.32 Å². The molecule has 0 saturated carbocycles. The van der Waals surface area contributed by atoms with E-state index in [1.807, 2.05) is 6.55 Å². The average molecular weight is 329 g/mol. The fourth-order valence-electron chi connectivity index (χ4n) is 2.26. The highest BCUT2D eigenvalue weighted by Crippen LogP contribution is 2.25. The van der Waals surface area contributed by atoms with E-state index in [0.717, 1.165) is 38.0 Å². The molecule has 0 bridgehead atoms. The standard InChI is InChI=1S/C12H24F3O3Si2/c1-19-17-8-3-4-10-20(2,18-19)11-5-7-16-9-6-12(13,14)15/h3-11H2,1-2H3. The van der Waals surface area contributed by atoms with Gasteiger partial charge < -0.3 is 13.3 Å². The summed E-state index contributed by atoms with van der Waals surface area (Å²) in [6.07, 6.45) is -2.02. The zero-order valence-corrected chi connectivity index (χ0v) is 14.2. The third-order valence-corrected chi connectivity index (χ3v) is 9.87. The normalized spacial score (nSPS) is 26.2. The van der Waals surface area contributed by atoms with Crippen molar-refractivity contribution in [1.82, 2.24) is 0 Å². The molecule has 20 heavy (non-hydrogen) atoms. The summed E-state index contributed by atoms with van der Waals surface area (Å²) in [5.74, 6) is 0. The van der Waals surface area contributed by atoms with Gasteiger partial charge >= 0.3 is 15.5 Å². The van der Waals surface area contributed by atoms with Crippen LogP contribution in [0.2, 0.25) is 25.2 Å². The van der Waals surface area contributed by atoms with Gasteiger partial charge in [0.05, 0.1) is 13.0 Å². The lowest BCUT2D eigenvalue weighted by molar-refractivity contribution is -0.145. The maximum Gasteiger partial charge on any atom is 0.391 e. The summed E-state index contributed by atoms with van der Waals surface area (Å²) < 4.78 is 52.6. The van der Waals surface area contributed by atoms with E-state index in [1.165, 1.54) is 0 Å². The Bertz CT molecular complexity index is 279. The van der Waals surface area contributed by atoms with E-state index in [-0.39, 0.29) is 6.61 Å². The summed E-state index contributed by atoms with van der Waals surface area (Å²) in [6.45, 7) is 5.14. The van der Waals surface area contributed by atoms with Crippen LogP contribution in [0.25, 0.3) is 0 Å². The van der Waals surface area contributed by atoms with Crippen molar-refractivity contribution >= 4 is 17.6 Å². The second kappa shape index (κ2) is 8.52. The molecule has 119 valence electrons. The van der Waals surface area contributed by atoms with Crippen molar-refractivity contribution in [2.75, 3.05) is 19.8 Å². The molecule has 0 spiro atoms. The Morgan fingerprint density at radius 2 is 2.00 bits per heavy atom. The van der Waals surface area contributed by atoms with Crippen molar-refractivity contribution in [1.29, 1.82) is 0 Å². The second-order valence-corrected chi connectivity index (χ2v) is 11.4. The molecule has 8 heteroatoms. The third kappa shape index (κ3) is 8.40. The first-order valence-electron chi connectivity index (χ1n) is 7.11. The Morgan fingerprint density at radius 1 is 1.25 bits per heavy atom. The minimum absolute atomic E-state index is 0.242. The monoisotopic (exact) mass is 329 g/mol. The first kappa shape index (κ1) is 18.2. The van der Waals surface area contributed by atoms with E-state index in [0.29, 0.717) is 6.61 Å². The molecular formula is C12H24F3O3Si2. The smallest absolute Gasteiger partial charge is 0.391 e. The maximum atomic E-state index is 11.9. The lowest BCUT2D eigenvalue weighted by atomic mass is 10.4. The maximum absolute atomic E-state index is 11.9. The minimum Gasteiger partial charge on any atom is -0.435 e. The van der Waals surface area contributed by atoms with Gasteiger partial charge in [-0.2, -0.15) is 13.2 Å². The molecule has 0 N–H and O–H groups in total. The van der Waals surface area contributed by atoms with Crippen LogP contribution in [-0.4, -0.2) is 43.6 Å². The van der Waals surface area contributed by atoms with Gasteiger partial charge in [0.2, 0.25) is 0 Å². The molecule has 1 aliphatic heterocycles. The summed E-state index contributed by atoms with van der Waals surface area (Å²) >= 11 is 0. The second-order valence-electron chi connectivity index (χ2n) is 5.43. The molecule has 0 aromatic heterocycles.